The van der Waals surface area contributed by atoms with Crippen molar-refractivity contribution in [3.05, 3.63) is 12.0 Å². The zero-order valence-corrected chi connectivity index (χ0v) is 9.15. The molecule has 5 nitrogen and oxygen atoms in total. The zero-order valence-electron chi connectivity index (χ0n) is 9.15. The number of hydrogen-bond donors (Lipinski definition) is 0. The van der Waals surface area contributed by atoms with Crippen LogP contribution in [-0.4, -0.2) is 23.7 Å². The maximum Gasteiger partial charge on any atom is 0.394 e. The van der Waals surface area contributed by atoms with E-state index in [1.807, 2.05) is 13.8 Å². The van der Waals surface area contributed by atoms with Crippen LogP contribution in [0.1, 0.15) is 37.7 Å². The SMILES string of the molecule is CCOC(=O)c1coc(OC(C)CC)n1. The molecule has 0 radical (unpaired) electrons. The minimum Gasteiger partial charge on any atom is -0.461 e. The van der Waals surface area contributed by atoms with E-state index in [-0.39, 0.29) is 17.9 Å². The van der Waals surface area contributed by atoms with Gasteiger partial charge in [0.15, 0.2) is 5.69 Å². The molecule has 0 amide bonds. The van der Waals surface area contributed by atoms with Gasteiger partial charge in [-0.05, 0) is 20.3 Å². The van der Waals surface area contributed by atoms with Crippen molar-refractivity contribution in [1.29, 1.82) is 0 Å². The van der Waals surface area contributed by atoms with Gasteiger partial charge in [-0.3, -0.25) is 0 Å². The summed E-state index contributed by atoms with van der Waals surface area (Å²) in [7, 11) is 0. The van der Waals surface area contributed by atoms with Gasteiger partial charge in [0.1, 0.15) is 12.4 Å². The highest BCUT2D eigenvalue weighted by atomic mass is 16.6. The third-order valence-corrected chi connectivity index (χ3v) is 1.84. The number of ether oxygens (including phenoxy) is 2. The number of oxazole rings is 1. The Bertz CT molecular complexity index is 321. The molecule has 1 aromatic rings. The fraction of sp³-hybridized carbons (Fsp3) is 0.600. The van der Waals surface area contributed by atoms with Gasteiger partial charge in [-0.25, -0.2) is 4.79 Å². The lowest BCUT2D eigenvalue weighted by molar-refractivity contribution is 0.0519. The first-order valence-corrected chi connectivity index (χ1v) is 4.96. The molecule has 0 aliphatic rings. The molecule has 1 aromatic heterocycles. The highest BCUT2D eigenvalue weighted by Gasteiger charge is 2.14. The Kier molecular flexibility index (Phi) is 4.15. The molecule has 0 saturated heterocycles. The maximum absolute atomic E-state index is 11.2. The van der Waals surface area contributed by atoms with Crippen molar-refractivity contribution in [1.82, 2.24) is 4.98 Å². The van der Waals surface area contributed by atoms with Crippen LogP contribution in [0.2, 0.25) is 0 Å². The summed E-state index contributed by atoms with van der Waals surface area (Å²) >= 11 is 0. The van der Waals surface area contributed by atoms with Gasteiger partial charge in [0.05, 0.1) is 6.61 Å². The molecule has 1 unspecified atom stereocenters. The largest absolute Gasteiger partial charge is 0.461 e. The second-order valence-corrected chi connectivity index (χ2v) is 3.06. The molecule has 5 heteroatoms. The molecule has 0 spiro atoms. The average molecular weight is 213 g/mol. The van der Waals surface area contributed by atoms with E-state index in [9.17, 15) is 4.79 Å². The Morgan fingerprint density at radius 1 is 1.60 bits per heavy atom. The molecule has 1 atom stereocenters. The van der Waals surface area contributed by atoms with Crippen molar-refractivity contribution in [3.63, 3.8) is 0 Å². The Balaban J connectivity index is 2.59. The first-order valence-electron chi connectivity index (χ1n) is 4.96. The molecule has 84 valence electrons. The molecule has 15 heavy (non-hydrogen) atoms. The van der Waals surface area contributed by atoms with Gasteiger partial charge in [-0.15, -0.1) is 0 Å². The van der Waals surface area contributed by atoms with Crippen molar-refractivity contribution in [2.24, 2.45) is 0 Å². The summed E-state index contributed by atoms with van der Waals surface area (Å²) in [5.74, 6) is -0.500. The van der Waals surface area contributed by atoms with E-state index < -0.39 is 5.97 Å². The number of esters is 1. The van der Waals surface area contributed by atoms with E-state index in [1.54, 1.807) is 6.92 Å². The summed E-state index contributed by atoms with van der Waals surface area (Å²) in [4.78, 5) is 15.1. The summed E-state index contributed by atoms with van der Waals surface area (Å²) in [6.45, 7) is 5.93. The van der Waals surface area contributed by atoms with Crippen LogP contribution in [0.5, 0.6) is 6.08 Å². The summed E-state index contributed by atoms with van der Waals surface area (Å²) < 4.78 is 15.0. The van der Waals surface area contributed by atoms with Gasteiger partial charge in [0.2, 0.25) is 0 Å². The Hall–Kier alpha value is -1.52. The lowest BCUT2D eigenvalue weighted by Crippen LogP contribution is -2.10. The molecule has 1 heterocycles. The molecular formula is C10H15NO4. The van der Waals surface area contributed by atoms with Gasteiger partial charge < -0.3 is 13.9 Å². The second kappa shape index (κ2) is 5.38. The lowest BCUT2D eigenvalue weighted by atomic mass is 10.3. The van der Waals surface area contributed by atoms with Crippen LogP contribution < -0.4 is 4.74 Å². The highest BCUT2D eigenvalue weighted by molar-refractivity contribution is 5.86. The maximum atomic E-state index is 11.2. The van der Waals surface area contributed by atoms with Crippen LogP contribution in [0, 0.1) is 0 Å². The molecule has 0 aromatic carbocycles. The van der Waals surface area contributed by atoms with Gasteiger partial charge in [0, 0.05) is 0 Å². The topological polar surface area (TPSA) is 61.6 Å². The Morgan fingerprint density at radius 2 is 2.33 bits per heavy atom. The zero-order chi connectivity index (χ0) is 11.3. The normalized spacial score (nSPS) is 12.2. The van der Waals surface area contributed by atoms with E-state index in [0.29, 0.717) is 6.61 Å². The van der Waals surface area contributed by atoms with Crippen LogP contribution in [0.3, 0.4) is 0 Å². The van der Waals surface area contributed by atoms with E-state index >= 15 is 0 Å². The van der Waals surface area contributed by atoms with Crippen LogP contribution in [0.15, 0.2) is 10.7 Å². The Morgan fingerprint density at radius 3 is 2.93 bits per heavy atom. The number of aromatic nitrogens is 1. The number of carbonyl (C=O) groups is 1. The molecule has 0 aliphatic carbocycles. The predicted octanol–water partition coefficient (Wildman–Crippen LogP) is 2.03. The van der Waals surface area contributed by atoms with Crippen LogP contribution in [-0.2, 0) is 4.74 Å². The fourth-order valence-electron chi connectivity index (χ4n) is 0.866. The van der Waals surface area contributed by atoms with Crippen molar-refractivity contribution in [2.45, 2.75) is 33.3 Å². The van der Waals surface area contributed by atoms with Crippen molar-refractivity contribution >= 4 is 5.97 Å². The average Bonchev–Trinajstić information content (AvgIpc) is 2.66. The molecule has 1 rings (SSSR count). The number of rotatable bonds is 5. The number of hydrogen-bond acceptors (Lipinski definition) is 5. The number of nitrogens with zero attached hydrogens (tertiary/aromatic N) is 1. The first kappa shape index (κ1) is 11.6. The van der Waals surface area contributed by atoms with E-state index in [0.717, 1.165) is 6.42 Å². The molecule has 0 bridgehead atoms. The Labute approximate surface area is 88.4 Å². The summed E-state index contributed by atoms with van der Waals surface area (Å²) in [5, 5.41) is 0. The molecule has 0 saturated carbocycles. The van der Waals surface area contributed by atoms with Gasteiger partial charge in [0.25, 0.3) is 0 Å². The van der Waals surface area contributed by atoms with Crippen molar-refractivity contribution in [2.75, 3.05) is 6.61 Å². The predicted molar refractivity (Wildman–Crippen MR) is 52.8 cm³/mol. The quantitative estimate of drug-likeness (QED) is 0.700. The van der Waals surface area contributed by atoms with E-state index in [1.165, 1.54) is 6.26 Å². The fourth-order valence-corrected chi connectivity index (χ4v) is 0.866. The molecular weight excluding hydrogens is 198 g/mol. The smallest absolute Gasteiger partial charge is 0.394 e. The summed E-state index contributed by atoms with van der Waals surface area (Å²) in [5.41, 5.74) is 0.134. The molecule has 0 fully saturated rings. The summed E-state index contributed by atoms with van der Waals surface area (Å²) in [6, 6.07) is 0. The van der Waals surface area contributed by atoms with Crippen LogP contribution in [0.4, 0.5) is 0 Å². The standard InChI is InChI=1S/C10H15NO4/c1-4-7(3)15-10-11-8(6-14-10)9(12)13-5-2/h6-7H,4-5H2,1-3H3. The van der Waals surface area contributed by atoms with Crippen LogP contribution in [0.25, 0.3) is 0 Å². The van der Waals surface area contributed by atoms with E-state index in [2.05, 4.69) is 4.98 Å². The van der Waals surface area contributed by atoms with Crippen molar-refractivity contribution < 1.29 is 18.7 Å². The third kappa shape index (κ3) is 3.27. The highest BCUT2D eigenvalue weighted by Crippen LogP contribution is 2.13. The molecule has 0 N–H and O–H groups in total. The second-order valence-electron chi connectivity index (χ2n) is 3.06. The number of carbonyl (C=O) groups excluding carboxylic acids is 1. The monoisotopic (exact) mass is 213 g/mol. The van der Waals surface area contributed by atoms with Gasteiger partial charge in [-0.2, -0.15) is 4.98 Å². The van der Waals surface area contributed by atoms with Crippen molar-refractivity contribution in [3.8, 4) is 6.08 Å². The van der Waals surface area contributed by atoms with Crippen LogP contribution >= 0.6 is 0 Å². The molecule has 0 aliphatic heterocycles. The van der Waals surface area contributed by atoms with Gasteiger partial charge in [-0.1, -0.05) is 6.92 Å². The minimum absolute atomic E-state index is 0.0127. The first-order chi connectivity index (χ1) is 7.17. The summed E-state index contributed by atoms with van der Waals surface area (Å²) in [6.07, 6.45) is 2.19. The third-order valence-electron chi connectivity index (χ3n) is 1.84. The lowest BCUT2D eigenvalue weighted by Gasteiger charge is -2.06. The van der Waals surface area contributed by atoms with E-state index in [4.69, 9.17) is 13.9 Å². The van der Waals surface area contributed by atoms with Gasteiger partial charge >= 0.3 is 12.0 Å². The minimum atomic E-state index is -0.500.